The van der Waals surface area contributed by atoms with Gasteiger partial charge in [-0.2, -0.15) is 5.10 Å². The fourth-order valence-electron chi connectivity index (χ4n) is 3.47. The zero-order chi connectivity index (χ0) is 15.5. The first-order valence-electron chi connectivity index (χ1n) is 7.70. The van der Waals surface area contributed by atoms with Crippen molar-refractivity contribution in [2.45, 2.75) is 45.6 Å². The summed E-state index contributed by atoms with van der Waals surface area (Å²) >= 11 is 0. The number of hydrogen-bond acceptors (Lipinski definition) is 4. The lowest BCUT2D eigenvalue weighted by Crippen LogP contribution is -2.29. The Kier molecular flexibility index (Phi) is 2.67. The van der Waals surface area contributed by atoms with Gasteiger partial charge in [-0.05, 0) is 25.2 Å². The molecule has 0 radical (unpaired) electrons. The molecule has 0 aromatic carbocycles. The summed E-state index contributed by atoms with van der Waals surface area (Å²) in [4.78, 5) is 21.4. The number of carbonyl (C=O) groups is 1. The number of fused-ring (bicyclic) bond motifs is 5. The molecule has 2 aliphatic rings. The van der Waals surface area contributed by atoms with Gasteiger partial charge in [-0.3, -0.25) is 9.48 Å². The Balaban J connectivity index is 2.01. The highest BCUT2D eigenvalue weighted by molar-refractivity contribution is 5.96. The molecule has 2 aromatic rings. The van der Waals surface area contributed by atoms with Crippen molar-refractivity contribution in [3.63, 3.8) is 0 Å². The van der Waals surface area contributed by atoms with Gasteiger partial charge >= 0.3 is 0 Å². The zero-order valence-electron chi connectivity index (χ0n) is 13.1. The Bertz CT molecular complexity index is 790. The van der Waals surface area contributed by atoms with Crippen molar-refractivity contribution in [3.8, 4) is 11.4 Å². The summed E-state index contributed by atoms with van der Waals surface area (Å²) in [6, 6.07) is 0. The van der Waals surface area contributed by atoms with Crippen LogP contribution >= 0.6 is 0 Å². The van der Waals surface area contributed by atoms with E-state index in [2.05, 4.69) is 29.1 Å². The van der Waals surface area contributed by atoms with E-state index in [4.69, 9.17) is 5.10 Å². The van der Waals surface area contributed by atoms with Crippen molar-refractivity contribution in [2.24, 2.45) is 0 Å². The molecular weight excluding hydrogens is 278 g/mol. The number of aromatic nitrogens is 4. The van der Waals surface area contributed by atoms with Crippen molar-refractivity contribution >= 4 is 5.91 Å². The first kappa shape index (κ1) is 13.4. The van der Waals surface area contributed by atoms with Gasteiger partial charge in [0.25, 0.3) is 5.91 Å². The lowest BCUT2D eigenvalue weighted by molar-refractivity contribution is 0.0949. The Morgan fingerprint density at radius 3 is 2.95 bits per heavy atom. The first-order chi connectivity index (χ1) is 10.5. The second kappa shape index (κ2) is 4.38. The highest BCUT2D eigenvalue weighted by Gasteiger charge is 2.38. The lowest BCUT2D eigenvalue weighted by Gasteiger charge is -2.31. The Labute approximate surface area is 129 Å². The first-order valence-corrected chi connectivity index (χ1v) is 7.70. The van der Waals surface area contributed by atoms with E-state index in [9.17, 15) is 4.79 Å². The summed E-state index contributed by atoms with van der Waals surface area (Å²) in [6.07, 6.45) is 3.59. The predicted octanol–water partition coefficient (Wildman–Crippen LogP) is 1.62. The lowest BCUT2D eigenvalue weighted by atomic mass is 9.73. The molecule has 2 aromatic heterocycles. The molecule has 0 saturated heterocycles. The van der Waals surface area contributed by atoms with Crippen LogP contribution in [-0.4, -0.2) is 32.2 Å². The maximum Gasteiger partial charge on any atom is 0.269 e. The maximum atomic E-state index is 12.4. The molecule has 22 heavy (non-hydrogen) atoms. The zero-order valence-corrected chi connectivity index (χ0v) is 13.1. The highest BCUT2D eigenvalue weighted by Crippen LogP contribution is 2.42. The Morgan fingerprint density at radius 1 is 1.32 bits per heavy atom. The molecule has 0 fully saturated rings. The molecule has 1 aliphatic carbocycles. The largest absolute Gasteiger partial charge is 0.351 e. The molecule has 1 amide bonds. The van der Waals surface area contributed by atoms with Crippen LogP contribution in [0.5, 0.6) is 0 Å². The van der Waals surface area contributed by atoms with Gasteiger partial charge in [-0.15, -0.1) is 0 Å². The second-order valence-electron chi connectivity index (χ2n) is 6.75. The predicted molar refractivity (Wildman–Crippen MR) is 81.7 cm³/mol. The van der Waals surface area contributed by atoms with Gasteiger partial charge in [0.15, 0.2) is 0 Å². The average Bonchev–Trinajstić information content (AvgIpc) is 2.70. The third-order valence-electron chi connectivity index (χ3n) is 4.58. The number of nitrogens with one attached hydrogen (secondary N) is 1. The van der Waals surface area contributed by atoms with Crippen LogP contribution in [0.1, 0.15) is 47.7 Å². The van der Waals surface area contributed by atoms with Gasteiger partial charge in [0.05, 0.1) is 5.69 Å². The normalized spacial score (nSPS) is 18.8. The average molecular weight is 297 g/mol. The quantitative estimate of drug-likeness (QED) is 0.802. The van der Waals surface area contributed by atoms with Crippen LogP contribution in [0.25, 0.3) is 11.4 Å². The minimum atomic E-state index is -0.104. The molecule has 114 valence electrons. The molecule has 0 spiro atoms. The SMILES string of the molecule is Cc1ncc2c(n1)-c1nn3c(c1CC2(C)C)C(=O)NCCC3. The van der Waals surface area contributed by atoms with Crippen LogP contribution in [-0.2, 0) is 18.4 Å². The van der Waals surface area contributed by atoms with Crippen LogP contribution in [0.4, 0.5) is 0 Å². The van der Waals surface area contributed by atoms with Crippen LogP contribution in [0.2, 0.25) is 0 Å². The molecule has 0 atom stereocenters. The molecular formula is C16H19N5O. The van der Waals surface area contributed by atoms with Crippen LogP contribution in [0, 0.1) is 6.92 Å². The summed E-state index contributed by atoms with van der Waals surface area (Å²) in [5.41, 5.74) is 4.48. The molecule has 1 N–H and O–H groups in total. The van der Waals surface area contributed by atoms with Gasteiger partial charge in [-0.25, -0.2) is 9.97 Å². The number of carbonyl (C=O) groups excluding carboxylic acids is 1. The molecule has 0 unspecified atom stereocenters. The molecule has 4 rings (SSSR count). The maximum absolute atomic E-state index is 12.4. The Hall–Kier alpha value is -2.24. The molecule has 0 bridgehead atoms. The van der Waals surface area contributed by atoms with E-state index in [1.165, 1.54) is 0 Å². The van der Waals surface area contributed by atoms with Crippen molar-refractivity contribution in [2.75, 3.05) is 6.54 Å². The van der Waals surface area contributed by atoms with Crippen LogP contribution in [0.15, 0.2) is 6.20 Å². The van der Waals surface area contributed by atoms with Gasteiger partial charge in [0.1, 0.15) is 17.2 Å². The van der Waals surface area contributed by atoms with E-state index in [1.807, 2.05) is 17.8 Å². The number of rotatable bonds is 0. The van der Waals surface area contributed by atoms with Crippen LogP contribution in [0.3, 0.4) is 0 Å². The minimum Gasteiger partial charge on any atom is -0.351 e. The van der Waals surface area contributed by atoms with E-state index >= 15 is 0 Å². The molecule has 3 heterocycles. The third kappa shape index (κ3) is 1.79. The Morgan fingerprint density at radius 2 is 2.14 bits per heavy atom. The monoisotopic (exact) mass is 297 g/mol. The van der Waals surface area contributed by atoms with Crippen molar-refractivity contribution < 1.29 is 4.79 Å². The summed E-state index contributed by atoms with van der Waals surface area (Å²) < 4.78 is 1.86. The van der Waals surface area contributed by atoms with Crippen molar-refractivity contribution in [1.82, 2.24) is 25.1 Å². The van der Waals surface area contributed by atoms with Gasteiger partial charge < -0.3 is 5.32 Å². The fraction of sp³-hybridized carbons (Fsp3) is 0.500. The van der Waals surface area contributed by atoms with Gasteiger partial charge in [0.2, 0.25) is 0 Å². The molecule has 0 saturated carbocycles. The molecule has 6 nitrogen and oxygen atoms in total. The fourth-order valence-corrected chi connectivity index (χ4v) is 3.47. The molecule has 6 heteroatoms. The van der Waals surface area contributed by atoms with Gasteiger partial charge in [0, 0.05) is 30.4 Å². The van der Waals surface area contributed by atoms with Crippen LogP contribution < -0.4 is 5.32 Å². The summed E-state index contributed by atoms with van der Waals surface area (Å²) in [5, 5.41) is 7.68. The van der Waals surface area contributed by atoms with Crippen molar-refractivity contribution in [3.05, 3.63) is 28.8 Å². The second-order valence-corrected chi connectivity index (χ2v) is 6.75. The number of amides is 1. The number of nitrogens with zero attached hydrogens (tertiary/aromatic N) is 4. The number of aryl methyl sites for hydroxylation is 2. The topological polar surface area (TPSA) is 72.7 Å². The third-order valence-corrected chi connectivity index (χ3v) is 4.58. The van der Waals surface area contributed by atoms with Crippen molar-refractivity contribution in [1.29, 1.82) is 0 Å². The summed E-state index contributed by atoms with van der Waals surface area (Å²) in [5.74, 6) is 0.714. The minimum absolute atomic E-state index is 0.0173. The van der Waals surface area contributed by atoms with E-state index < -0.39 is 0 Å². The number of hydrogen-bond donors (Lipinski definition) is 1. The standard InChI is InChI=1S/C16H19N5O/c1-9-18-8-11-13(19-9)12-10(7-16(11,2)3)14-15(22)17-5-4-6-21(14)20-12/h8H,4-7H2,1-3H3,(H,17,22). The van der Waals surface area contributed by atoms with Gasteiger partial charge in [-0.1, -0.05) is 13.8 Å². The highest BCUT2D eigenvalue weighted by atomic mass is 16.2. The van der Waals surface area contributed by atoms with E-state index in [-0.39, 0.29) is 11.3 Å². The summed E-state index contributed by atoms with van der Waals surface area (Å²) in [6.45, 7) is 7.70. The summed E-state index contributed by atoms with van der Waals surface area (Å²) in [7, 11) is 0. The van der Waals surface area contributed by atoms with E-state index in [0.717, 1.165) is 47.7 Å². The smallest absolute Gasteiger partial charge is 0.269 e. The van der Waals surface area contributed by atoms with E-state index in [0.29, 0.717) is 12.2 Å². The molecule has 1 aliphatic heterocycles. The van der Waals surface area contributed by atoms with E-state index in [1.54, 1.807) is 0 Å².